The van der Waals surface area contributed by atoms with Gasteiger partial charge in [0.1, 0.15) is 17.5 Å². The van der Waals surface area contributed by atoms with Gasteiger partial charge in [0.25, 0.3) is 0 Å². The number of anilines is 1. The van der Waals surface area contributed by atoms with Gasteiger partial charge < -0.3 is 15.0 Å². The maximum atomic E-state index is 14.4. The number of carbonyl (C=O) groups excluding carboxylic acids is 1. The highest BCUT2D eigenvalue weighted by molar-refractivity contribution is 5.74. The Kier molecular flexibility index (Phi) is 5.05. The summed E-state index contributed by atoms with van der Waals surface area (Å²) in [5, 5.41) is 6.88. The van der Waals surface area contributed by atoms with E-state index in [2.05, 4.69) is 15.4 Å². The molecule has 0 spiro atoms. The number of carbonyl (C=O) groups is 1. The average molecular weight is 415 g/mol. The number of ether oxygens (including phenoxy) is 1. The lowest BCUT2D eigenvalue weighted by Gasteiger charge is -2.26. The standard InChI is InChI=1S/C21H23F2N5O2/c1-21(2,3)26-20(29)30-17-12-24-28-10-8-18(25-19(17)28)27-9-4-5-16(27)14-11-13(22)6-7-15(14)23/h6-8,10-12,16H,4-5,9H2,1-3H3,(H,26,29)/t16-/m1/s1. The van der Waals surface area contributed by atoms with Crippen molar-refractivity contribution in [2.75, 3.05) is 11.4 Å². The minimum atomic E-state index is -0.606. The molecule has 0 radical (unpaired) electrons. The number of rotatable bonds is 3. The third-order valence-electron chi connectivity index (χ3n) is 4.87. The molecule has 1 amide bonds. The number of aromatic nitrogens is 3. The largest absolute Gasteiger partial charge is 0.413 e. The monoisotopic (exact) mass is 415 g/mol. The second-order valence-electron chi connectivity index (χ2n) is 8.34. The van der Waals surface area contributed by atoms with Crippen LogP contribution in [-0.4, -0.2) is 32.8 Å². The van der Waals surface area contributed by atoms with Crippen LogP contribution < -0.4 is 15.0 Å². The Balaban J connectivity index is 1.64. The van der Waals surface area contributed by atoms with Crippen LogP contribution in [0.1, 0.15) is 45.2 Å². The van der Waals surface area contributed by atoms with Gasteiger partial charge in [-0.05, 0) is 57.9 Å². The van der Waals surface area contributed by atoms with Crippen LogP contribution in [-0.2, 0) is 0 Å². The van der Waals surface area contributed by atoms with Gasteiger partial charge in [-0.2, -0.15) is 5.10 Å². The lowest BCUT2D eigenvalue weighted by molar-refractivity contribution is 0.191. The fourth-order valence-electron chi connectivity index (χ4n) is 3.64. The normalized spacial score (nSPS) is 16.8. The van der Waals surface area contributed by atoms with Crippen molar-refractivity contribution in [1.82, 2.24) is 19.9 Å². The third-order valence-corrected chi connectivity index (χ3v) is 4.87. The van der Waals surface area contributed by atoms with Crippen molar-refractivity contribution in [3.8, 4) is 5.75 Å². The summed E-state index contributed by atoms with van der Waals surface area (Å²) in [6.45, 7) is 6.19. The molecule has 9 heteroatoms. The Morgan fingerprint density at radius 2 is 2.07 bits per heavy atom. The molecular weight excluding hydrogens is 392 g/mol. The van der Waals surface area contributed by atoms with Gasteiger partial charge in [-0.1, -0.05) is 0 Å². The number of nitrogens with one attached hydrogen (secondary N) is 1. The van der Waals surface area contributed by atoms with E-state index < -0.39 is 23.3 Å². The number of fused-ring (bicyclic) bond motifs is 1. The summed E-state index contributed by atoms with van der Waals surface area (Å²) < 4.78 is 35.0. The molecule has 1 fully saturated rings. The van der Waals surface area contributed by atoms with Crippen molar-refractivity contribution in [1.29, 1.82) is 0 Å². The number of hydrogen-bond acceptors (Lipinski definition) is 5. The summed E-state index contributed by atoms with van der Waals surface area (Å²) in [4.78, 5) is 18.7. The second kappa shape index (κ2) is 7.55. The first-order valence-corrected chi connectivity index (χ1v) is 9.77. The molecule has 1 saturated heterocycles. The van der Waals surface area contributed by atoms with Gasteiger partial charge in [0.05, 0.1) is 12.2 Å². The lowest BCUT2D eigenvalue weighted by Crippen LogP contribution is -2.42. The minimum Gasteiger partial charge on any atom is -0.405 e. The van der Waals surface area contributed by atoms with E-state index in [4.69, 9.17) is 4.74 Å². The average Bonchev–Trinajstić information content (AvgIpc) is 3.29. The highest BCUT2D eigenvalue weighted by Crippen LogP contribution is 2.37. The van der Waals surface area contributed by atoms with Crippen LogP contribution in [0.3, 0.4) is 0 Å². The van der Waals surface area contributed by atoms with Crippen LogP contribution in [0.5, 0.6) is 5.75 Å². The van der Waals surface area contributed by atoms with E-state index in [0.717, 1.165) is 18.6 Å². The van der Waals surface area contributed by atoms with Gasteiger partial charge in [-0.25, -0.2) is 23.1 Å². The zero-order chi connectivity index (χ0) is 21.5. The van der Waals surface area contributed by atoms with E-state index in [1.54, 1.807) is 12.3 Å². The Morgan fingerprint density at radius 1 is 1.27 bits per heavy atom. The smallest absolute Gasteiger partial charge is 0.405 e. The molecule has 158 valence electrons. The van der Waals surface area contributed by atoms with Crippen LogP contribution in [0, 0.1) is 11.6 Å². The molecule has 1 N–H and O–H groups in total. The third kappa shape index (κ3) is 4.05. The van der Waals surface area contributed by atoms with Gasteiger partial charge in [0.15, 0.2) is 5.75 Å². The van der Waals surface area contributed by atoms with Crippen molar-refractivity contribution in [3.05, 3.63) is 53.9 Å². The van der Waals surface area contributed by atoms with Crippen molar-refractivity contribution in [2.45, 2.75) is 45.2 Å². The fourth-order valence-corrected chi connectivity index (χ4v) is 3.64. The summed E-state index contributed by atoms with van der Waals surface area (Å²) in [5.74, 6) is -0.124. The minimum absolute atomic E-state index is 0.214. The van der Waals surface area contributed by atoms with Crippen LogP contribution in [0.25, 0.3) is 5.65 Å². The van der Waals surface area contributed by atoms with E-state index in [1.165, 1.54) is 16.8 Å². The number of nitrogens with zero attached hydrogens (tertiary/aromatic N) is 4. The fraction of sp³-hybridized carbons (Fsp3) is 0.381. The molecule has 3 aromatic rings. The molecule has 2 aromatic heterocycles. The zero-order valence-electron chi connectivity index (χ0n) is 17.0. The van der Waals surface area contributed by atoms with Gasteiger partial charge >= 0.3 is 6.09 Å². The first kappa shape index (κ1) is 20.1. The molecule has 7 nitrogen and oxygen atoms in total. The molecule has 1 aliphatic rings. The molecule has 0 bridgehead atoms. The zero-order valence-corrected chi connectivity index (χ0v) is 17.0. The molecule has 1 aromatic carbocycles. The quantitative estimate of drug-likeness (QED) is 0.693. The predicted octanol–water partition coefficient (Wildman–Crippen LogP) is 4.24. The molecule has 1 aliphatic heterocycles. The summed E-state index contributed by atoms with van der Waals surface area (Å²) in [5.41, 5.74) is 0.224. The van der Waals surface area contributed by atoms with E-state index >= 15 is 0 Å². The highest BCUT2D eigenvalue weighted by atomic mass is 19.1. The lowest BCUT2D eigenvalue weighted by atomic mass is 10.0. The van der Waals surface area contributed by atoms with Gasteiger partial charge in [0.2, 0.25) is 5.65 Å². The maximum Gasteiger partial charge on any atom is 0.413 e. The number of halogens is 2. The molecular formula is C21H23F2N5O2. The van der Waals surface area contributed by atoms with Crippen LogP contribution in [0.4, 0.5) is 19.4 Å². The van der Waals surface area contributed by atoms with E-state index in [1.807, 2.05) is 25.7 Å². The summed E-state index contributed by atoms with van der Waals surface area (Å²) in [6, 6.07) is 4.93. The van der Waals surface area contributed by atoms with Crippen LogP contribution in [0.15, 0.2) is 36.7 Å². The van der Waals surface area contributed by atoms with Crippen molar-refractivity contribution in [3.63, 3.8) is 0 Å². The predicted molar refractivity (Wildman–Crippen MR) is 108 cm³/mol. The molecule has 0 unspecified atom stereocenters. The topological polar surface area (TPSA) is 71.8 Å². The second-order valence-corrected chi connectivity index (χ2v) is 8.34. The summed E-state index contributed by atoms with van der Waals surface area (Å²) in [7, 11) is 0. The Bertz CT molecular complexity index is 1090. The van der Waals surface area contributed by atoms with Gasteiger partial charge in [0, 0.05) is 23.8 Å². The number of amides is 1. The molecule has 4 rings (SSSR count). The highest BCUT2D eigenvalue weighted by Gasteiger charge is 2.30. The molecule has 0 saturated carbocycles. The van der Waals surface area contributed by atoms with E-state index in [9.17, 15) is 13.6 Å². The summed E-state index contributed by atoms with van der Waals surface area (Å²) >= 11 is 0. The molecule has 1 atom stereocenters. The first-order valence-electron chi connectivity index (χ1n) is 9.77. The molecule has 30 heavy (non-hydrogen) atoms. The van der Waals surface area contributed by atoms with Gasteiger partial charge in [-0.15, -0.1) is 0 Å². The first-order chi connectivity index (χ1) is 14.2. The van der Waals surface area contributed by atoms with E-state index in [-0.39, 0.29) is 11.8 Å². The van der Waals surface area contributed by atoms with Crippen molar-refractivity contribution < 1.29 is 18.3 Å². The van der Waals surface area contributed by atoms with Crippen molar-refractivity contribution in [2.24, 2.45) is 0 Å². The van der Waals surface area contributed by atoms with Crippen LogP contribution >= 0.6 is 0 Å². The van der Waals surface area contributed by atoms with E-state index in [0.29, 0.717) is 30.0 Å². The molecule has 0 aliphatic carbocycles. The Hall–Kier alpha value is -3.23. The number of hydrogen-bond donors (Lipinski definition) is 1. The maximum absolute atomic E-state index is 14.4. The van der Waals surface area contributed by atoms with Crippen molar-refractivity contribution >= 4 is 17.6 Å². The Labute approximate surface area is 172 Å². The Morgan fingerprint density at radius 3 is 2.83 bits per heavy atom. The SMILES string of the molecule is CC(C)(C)NC(=O)Oc1cnn2ccc(N3CCC[C@@H]3c3cc(F)ccc3F)nc12. The number of benzene rings is 1. The molecule has 3 heterocycles. The van der Waals surface area contributed by atoms with Gasteiger partial charge in [-0.3, -0.25) is 0 Å². The van der Waals surface area contributed by atoms with Crippen LogP contribution in [0.2, 0.25) is 0 Å². The summed E-state index contributed by atoms with van der Waals surface area (Å²) in [6.07, 6.45) is 4.02.